The van der Waals surface area contributed by atoms with E-state index in [1.54, 1.807) is 14.2 Å². The Labute approximate surface area is 72.1 Å². The molecule has 0 amide bonds. The second-order valence-electron chi connectivity index (χ2n) is 3.15. The first kappa shape index (κ1) is 9.92. The van der Waals surface area contributed by atoms with Gasteiger partial charge in [-0.05, 0) is 0 Å². The molecule has 72 valence electrons. The maximum absolute atomic E-state index is 9.41. The number of methoxy groups -OCH3 is 2. The van der Waals surface area contributed by atoms with E-state index >= 15 is 0 Å². The Hall–Kier alpha value is -0.160. The van der Waals surface area contributed by atoms with E-state index in [1.807, 2.05) is 0 Å². The van der Waals surface area contributed by atoms with Gasteiger partial charge in [0.05, 0.1) is 24.4 Å². The van der Waals surface area contributed by atoms with Gasteiger partial charge in [-0.1, -0.05) is 0 Å². The minimum absolute atomic E-state index is 0.210. The van der Waals surface area contributed by atoms with Crippen LogP contribution in [0.15, 0.2) is 0 Å². The Morgan fingerprint density at radius 1 is 0.917 bits per heavy atom. The molecule has 4 unspecified atom stereocenters. The molecule has 1 aliphatic carbocycles. The van der Waals surface area contributed by atoms with Crippen LogP contribution in [0.25, 0.3) is 0 Å². The highest BCUT2D eigenvalue weighted by atomic mass is 16.5. The molecule has 0 bridgehead atoms. The molecule has 2 N–H and O–H groups in total. The number of rotatable bonds is 2. The van der Waals surface area contributed by atoms with Gasteiger partial charge in [0.1, 0.15) is 0 Å². The van der Waals surface area contributed by atoms with Gasteiger partial charge in [0.2, 0.25) is 0 Å². The number of hydrogen-bond acceptors (Lipinski definition) is 4. The first-order valence-electron chi connectivity index (χ1n) is 4.10. The molecule has 4 heteroatoms. The molecule has 12 heavy (non-hydrogen) atoms. The van der Waals surface area contributed by atoms with E-state index in [1.165, 1.54) is 0 Å². The van der Waals surface area contributed by atoms with Crippen molar-refractivity contribution >= 4 is 0 Å². The Morgan fingerprint density at radius 3 is 1.67 bits per heavy atom. The lowest BCUT2D eigenvalue weighted by molar-refractivity contribution is -0.129. The lowest BCUT2D eigenvalue weighted by Crippen LogP contribution is -2.46. The van der Waals surface area contributed by atoms with Crippen molar-refractivity contribution < 1.29 is 19.7 Å². The molecule has 0 spiro atoms. The van der Waals surface area contributed by atoms with Gasteiger partial charge in [-0.15, -0.1) is 0 Å². The summed E-state index contributed by atoms with van der Waals surface area (Å²) in [5.74, 6) is 0. The van der Waals surface area contributed by atoms with Gasteiger partial charge >= 0.3 is 0 Å². The Kier molecular flexibility index (Phi) is 3.46. The molecular formula is C8H16O4. The minimum Gasteiger partial charge on any atom is -0.390 e. The van der Waals surface area contributed by atoms with Crippen LogP contribution in [0.2, 0.25) is 0 Å². The van der Waals surface area contributed by atoms with Gasteiger partial charge in [-0.2, -0.15) is 0 Å². The standard InChI is InChI=1S/C8H16O4/c1-11-7-4-8(12-2)6(10)3-5(7)9/h5-10H,3-4H2,1-2H3. The molecular weight excluding hydrogens is 160 g/mol. The van der Waals surface area contributed by atoms with E-state index in [4.69, 9.17) is 9.47 Å². The van der Waals surface area contributed by atoms with Crippen molar-refractivity contribution in [3.63, 3.8) is 0 Å². The maximum atomic E-state index is 9.41. The highest BCUT2D eigenvalue weighted by molar-refractivity contribution is 4.86. The molecule has 0 aromatic carbocycles. The van der Waals surface area contributed by atoms with E-state index in [2.05, 4.69) is 0 Å². The average molecular weight is 176 g/mol. The van der Waals surface area contributed by atoms with Crippen molar-refractivity contribution in [2.75, 3.05) is 14.2 Å². The van der Waals surface area contributed by atoms with Crippen LogP contribution in [0, 0.1) is 0 Å². The van der Waals surface area contributed by atoms with Gasteiger partial charge in [-0.25, -0.2) is 0 Å². The van der Waals surface area contributed by atoms with Crippen molar-refractivity contribution in [1.82, 2.24) is 0 Å². The topological polar surface area (TPSA) is 58.9 Å². The molecule has 4 nitrogen and oxygen atoms in total. The molecule has 0 radical (unpaired) electrons. The van der Waals surface area contributed by atoms with Crippen molar-refractivity contribution in [3.05, 3.63) is 0 Å². The van der Waals surface area contributed by atoms with Crippen molar-refractivity contribution in [2.45, 2.75) is 37.3 Å². The molecule has 0 heterocycles. The first-order chi connectivity index (χ1) is 5.69. The summed E-state index contributed by atoms with van der Waals surface area (Å²) in [6, 6.07) is 0. The van der Waals surface area contributed by atoms with Crippen LogP contribution < -0.4 is 0 Å². The van der Waals surface area contributed by atoms with Gasteiger partial charge in [-0.3, -0.25) is 0 Å². The molecule has 1 aliphatic rings. The molecule has 0 aromatic heterocycles. The summed E-state index contributed by atoms with van der Waals surface area (Å²) in [4.78, 5) is 0. The third-order valence-electron chi connectivity index (χ3n) is 2.41. The Morgan fingerprint density at radius 2 is 1.33 bits per heavy atom. The first-order valence-corrected chi connectivity index (χ1v) is 4.10. The second kappa shape index (κ2) is 4.18. The summed E-state index contributed by atoms with van der Waals surface area (Å²) in [5.41, 5.74) is 0. The fourth-order valence-corrected chi connectivity index (χ4v) is 1.60. The summed E-state index contributed by atoms with van der Waals surface area (Å²) >= 11 is 0. The number of hydrogen-bond donors (Lipinski definition) is 2. The van der Waals surface area contributed by atoms with Gasteiger partial charge in [0, 0.05) is 27.1 Å². The normalized spacial score (nSPS) is 43.0. The van der Waals surface area contributed by atoms with Gasteiger partial charge < -0.3 is 19.7 Å². The summed E-state index contributed by atoms with van der Waals surface area (Å²) < 4.78 is 10.1. The summed E-state index contributed by atoms with van der Waals surface area (Å²) in [6.07, 6.45) is -0.684. The van der Waals surface area contributed by atoms with Crippen molar-refractivity contribution in [1.29, 1.82) is 0 Å². The van der Waals surface area contributed by atoms with E-state index in [9.17, 15) is 10.2 Å². The largest absolute Gasteiger partial charge is 0.390 e. The van der Waals surface area contributed by atoms with Crippen LogP contribution in [-0.4, -0.2) is 48.8 Å². The van der Waals surface area contributed by atoms with Crippen LogP contribution >= 0.6 is 0 Å². The Balaban J connectivity index is 2.50. The second-order valence-corrected chi connectivity index (χ2v) is 3.15. The predicted molar refractivity (Wildman–Crippen MR) is 42.8 cm³/mol. The summed E-state index contributed by atoms with van der Waals surface area (Å²) in [5, 5.41) is 18.8. The highest BCUT2D eigenvalue weighted by Crippen LogP contribution is 2.23. The third kappa shape index (κ3) is 1.95. The number of aliphatic hydroxyl groups is 2. The van der Waals surface area contributed by atoms with Crippen LogP contribution in [0.1, 0.15) is 12.8 Å². The molecule has 0 aliphatic heterocycles. The van der Waals surface area contributed by atoms with Crippen molar-refractivity contribution in [3.8, 4) is 0 Å². The zero-order valence-corrected chi connectivity index (χ0v) is 7.43. The summed E-state index contributed by atoms with van der Waals surface area (Å²) in [6.45, 7) is 0. The van der Waals surface area contributed by atoms with Crippen LogP contribution in [-0.2, 0) is 9.47 Å². The van der Waals surface area contributed by atoms with E-state index in [-0.39, 0.29) is 12.2 Å². The lowest BCUT2D eigenvalue weighted by Gasteiger charge is -2.35. The molecule has 4 atom stereocenters. The number of aliphatic hydroxyl groups excluding tert-OH is 2. The molecule has 0 saturated heterocycles. The van der Waals surface area contributed by atoms with Crippen LogP contribution in [0.3, 0.4) is 0 Å². The van der Waals surface area contributed by atoms with E-state index in [0.29, 0.717) is 12.8 Å². The van der Waals surface area contributed by atoms with E-state index in [0.717, 1.165) is 0 Å². The fraction of sp³-hybridized carbons (Fsp3) is 1.00. The third-order valence-corrected chi connectivity index (χ3v) is 2.41. The zero-order chi connectivity index (χ0) is 9.14. The molecule has 1 saturated carbocycles. The van der Waals surface area contributed by atoms with Gasteiger partial charge in [0.15, 0.2) is 0 Å². The van der Waals surface area contributed by atoms with Crippen LogP contribution in [0.4, 0.5) is 0 Å². The average Bonchev–Trinajstić information content (AvgIpc) is 2.05. The summed E-state index contributed by atoms with van der Waals surface area (Å²) in [7, 11) is 3.11. The minimum atomic E-state index is -0.573. The highest BCUT2D eigenvalue weighted by Gasteiger charge is 2.35. The van der Waals surface area contributed by atoms with E-state index < -0.39 is 12.2 Å². The Bertz CT molecular complexity index is 125. The zero-order valence-electron chi connectivity index (χ0n) is 7.43. The SMILES string of the molecule is COC1CC(OC)C(O)CC1O. The smallest absolute Gasteiger partial charge is 0.0856 e. The van der Waals surface area contributed by atoms with Crippen LogP contribution in [0.5, 0.6) is 0 Å². The fourth-order valence-electron chi connectivity index (χ4n) is 1.60. The quantitative estimate of drug-likeness (QED) is 0.597. The molecule has 1 fully saturated rings. The monoisotopic (exact) mass is 176 g/mol. The predicted octanol–water partition coefficient (Wildman–Crippen LogP) is -0.468. The van der Waals surface area contributed by atoms with Gasteiger partial charge in [0.25, 0.3) is 0 Å². The number of ether oxygens (including phenoxy) is 2. The maximum Gasteiger partial charge on any atom is 0.0856 e. The molecule has 1 rings (SSSR count). The van der Waals surface area contributed by atoms with Crippen molar-refractivity contribution in [2.24, 2.45) is 0 Å². The molecule has 0 aromatic rings. The lowest BCUT2D eigenvalue weighted by atomic mass is 9.90.